The highest BCUT2D eigenvalue weighted by Gasteiger charge is 2.32. The number of carbonyl (C=O) groups excluding carboxylic acids is 1. The Bertz CT molecular complexity index is 673. The maximum absolute atomic E-state index is 12.4. The Hall–Kier alpha value is -2.11. The molecule has 1 saturated heterocycles. The smallest absolute Gasteiger partial charge is 0.254 e. The van der Waals surface area contributed by atoms with Crippen molar-refractivity contribution in [3.05, 3.63) is 53.2 Å². The summed E-state index contributed by atoms with van der Waals surface area (Å²) in [5.74, 6) is 0.841. The third-order valence-corrected chi connectivity index (χ3v) is 3.84. The van der Waals surface area contributed by atoms with Gasteiger partial charge in [-0.2, -0.15) is 0 Å². The second-order valence-corrected chi connectivity index (χ2v) is 5.50. The summed E-state index contributed by atoms with van der Waals surface area (Å²) in [4.78, 5) is 18.1. The number of nitrogens with zero attached hydrogens (tertiary/aromatic N) is 2. The molecule has 1 atom stereocenters. The number of ether oxygens (including phenoxy) is 1. The molecule has 1 aliphatic rings. The maximum atomic E-state index is 12.4. The molecule has 0 bridgehead atoms. The summed E-state index contributed by atoms with van der Waals surface area (Å²) in [5.41, 5.74) is 0.532. The minimum atomic E-state index is -0.0974. The summed E-state index contributed by atoms with van der Waals surface area (Å²) in [5, 5.41) is 9.72. The second kappa shape index (κ2) is 6.34. The van der Waals surface area contributed by atoms with Crippen LogP contribution in [0.25, 0.3) is 0 Å². The molecular weight excluding hydrogens is 304 g/mol. The Morgan fingerprint density at radius 2 is 2.27 bits per heavy atom. The summed E-state index contributed by atoms with van der Waals surface area (Å²) < 4.78 is 5.62. The fourth-order valence-corrected chi connectivity index (χ4v) is 2.41. The van der Waals surface area contributed by atoms with E-state index in [4.69, 9.17) is 16.3 Å². The minimum Gasteiger partial charge on any atom is -0.439 e. The van der Waals surface area contributed by atoms with Crippen molar-refractivity contribution in [1.82, 2.24) is 9.88 Å². The first-order valence-corrected chi connectivity index (χ1v) is 7.36. The molecule has 1 aromatic carbocycles. The number of hydrogen-bond donors (Lipinski definition) is 1. The topological polar surface area (TPSA) is 62.7 Å². The van der Waals surface area contributed by atoms with Gasteiger partial charge in [-0.25, -0.2) is 4.98 Å². The molecule has 5 nitrogen and oxygen atoms in total. The lowest BCUT2D eigenvalue weighted by atomic mass is 10.0. The van der Waals surface area contributed by atoms with E-state index in [1.54, 1.807) is 41.3 Å². The van der Waals surface area contributed by atoms with Crippen molar-refractivity contribution in [2.24, 2.45) is 0 Å². The zero-order valence-corrected chi connectivity index (χ0v) is 12.5. The van der Waals surface area contributed by atoms with Gasteiger partial charge in [0.1, 0.15) is 5.75 Å². The van der Waals surface area contributed by atoms with Gasteiger partial charge in [0.25, 0.3) is 5.91 Å². The average Bonchev–Trinajstić information content (AvgIpc) is 2.49. The van der Waals surface area contributed by atoms with Crippen LogP contribution in [0.5, 0.6) is 11.6 Å². The number of aliphatic hydroxyl groups is 1. The number of amides is 1. The standard InChI is InChI=1S/C16H15ClN2O3/c17-12-4-5-15(18-9-12)22-14-3-1-2-11(8-14)16(21)19-7-6-13(19)10-20/h1-5,8-9,13,20H,6-7,10H2. The molecule has 2 aromatic rings. The van der Waals surface area contributed by atoms with Gasteiger partial charge in [0, 0.05) is 24.4 Å². The molecule has 1 aliphatic heterocycles. The van der Waals surface area contributed by atoms with Gasteiger partial charge >= 0.3 is 0 Å². The van der Waals surface area contributed by atoms with E-state index in [9.17, 15) is 9.90 Å². The van der Waals surface area contributed by atoms with E-state index in [0.29, 0.717) is 28.8 Å². The fourth-order valence-electron chi connectivity index (χ4n) is 2.30. The number of aromatic nitrogens is 1. The van der Waals surface area contributed by atoms with Gasteiger partial charge < -0.3 is 14.7 Å². The van der Waals surface area contributed by atoms with Crippen LogP contribution in [0.3, 0.4) is 0 Å². The van der Waals surface area contributed by atoms with Gasteiger partial charge in [-0.05, 0) is 30.7 Å². The minimum absolute atomic E-state index is 0.00335. The van der Waals surface area contributed by atoms with Crippen molar-refractivity contribution in [2.45, 2.75) is 12.5 Å². The molecule has 114 valence electrons. The lowest BCUT2D eigenvalue weighted by Crippen LogP contribution is -2.52. The zero-order valence-electron chi connectivity index (χ0n) is 11.8. The van der Waals surface area contributed by atoms with E-state index in [2.05, 4.69) is 4.98 Å². The fraction of sp³-hybridized carbons (Fsp3) is 0.250. The summed E-state index contributed by atoms with van der Waals surface area (Å²) >= 11 is 5.78. The molecule has 0 saturated carbocycles. The van der Waals surface area contributed by atoms with E-state index in [1.165, 1.54) is 6.20 Å². The first kappa shape index (κ1) is 14.8. The van der Waals surface area contributed by atoms with Crippen LogP contribution in [0.15, 0.2) is 42.6 Å². The zero-order chi connectivity index (χ0) is 15.5. The molecule has 22 heavy (non-hydrogen) atoms. The predicted molar refractivity (Wildman–Crippen MR) is 82.3 cm³/mol. The van der Waals surface area contributed by atoms with Crippen LogP contribution in [-0.4, -0.2) is 40.1 Å². The highest BCUT2D eigenvalue weighted by molar-refractivity contribution is 6.30. The van der Waals surface area contributed by atoms with Crippen molar-refractivity contribution in [2.75, 3.05) is 13.2 Å². The number of hydrogen-bond acceptors (Lipinski definition) is 4. The summed E-state index contributed by atoms with van der Waals surface area (Å²) in [6.45, 7) is 0.671. The van der Waals surface area contributed by atoms with Gasteiger partial charge in [0.05, 0.1) is 17.7 Å². The van der Waals surface area contributed by atoms with Gasteiger partial charge in [-0.3, -0.25) is 4.79 Å². The second-order valence-electron chi connectivity index (χ2n) is 5.07. The normalized spacial score (nSPS) is 17.0. The van der Waals surface area contributed by atoms with Crippen molar-refractivity contribution in [1.29, 1.82) is 0 Å². The van der Waals surface area contributed by atoms with E-state index in [-0.39, 0.29) is 18.6 Å². The van der Waals surface area contributed by atoms with Crippen LogP contribution in [-0.2, 0) is 0 Å². The molecule has 1 aromatic heterocycles. The number of aliphatic hydroxyl groups excluding tert-OH is 1. The molecule has 1 unspecified atom stereocenters. The molecule has 0 radical (unpaired) electrons. The number of halogens is 1. The molecule has 1 N–H and O–H groups in total. The lowest BCUT2D eigenvalue weighted by Gasteiger charge is -2.39. The number of rotatable bonds is 4. The van der Waals surface area contributed by atoms with Crippen LogP contribution in [0.1, 0.15) is 16.8 Å². The van der Waals surface area contributed by atoms with E-state index in [1.807, 2.05) is 0 Å². The Morgan fingerprint density at radius 1 is 1.41 bits per heavy atom. The molecule has 0 spiro atoms. The molecular formula is C16H15ClN2O3. The molecule has 0 aliphatic carbocycles. The molecule has 2 heterocycles. The van der Waals surface area contributed by atoms with E-state index < -0.39 is 0 Å². The molecule has 1 fully saturated rings. The van der Waals surface area contributed by atoms with Crippen LogP contribution < -0.4 is 4.74 Å². The van der Waals surface area contributed by atoms with Gasteiger partial charge in [0.2, 0.25) is 5.88 Å². The number of likely N-dealkylation sites (tertiary alicyclic amines) is 1. The molecule has 6 heteroatoms. The van der Waals surface area contributed by atoms with Crippen molar-refractivity contribution in [3.63, 3.8) is 0 Å². The Kier molecular flexibility index (Phi) is 4.27. The quantitative estimate of drug-likeness (QED) is 0.941. The largest absolute Gasteiger partial charge is 0.439 e. The average molecular weight is 319 g/mol. The van der Waals surface area contributed by atoms with Gasteiger partial charge in [0.15, 0.2) is 0 Å². The predicted octanol–water partition coefficient (Wildman–Crippen LogP) is 2.73. The van der Waals surface area contributed by atoms with Crippen molar-refractivity contribution < 1.29 is 14.6 Å². The highest BCUT2D eigenvalue weighted by atomic mass is 35.5. The number of carbonyl (C=O) groups is 1. The Labute approximate surface area is 133 Å². The lowest BCUT2D eigenvalue weighted by molar-refractivity contribution is 0.0295. The number of pyridine rings is 1. The first-order chi connectivity index (χ1) is 10.7. The van der Waals surface area contributed by atoms with Crippen LogP contribution in [0.4, 0.5) is 0 Å². The van der Waals surface area contributed by atoms with E-state index in [0.717, 1.165) is 6.42 Å². The van der Waals surface area contributed by atoms with Gasteiger partial charge in [-0.1, -0.05) is 17.7 Å². The third kappa shape index (κ3) is 3.05. The maximum Gasteiger partial charge on any atom is 0.254 e. The van der Waals surface area contributed by atoms with Crippen LogP contribution in [0.2, 0.25) is 5.02 Å². The van der Waals surface area contributed by atoms with Crippen molar-refractivity contribution in [3.8, 4) is 11.6 Å². The van der Waals surface area contributed by atoms with Crippen LogP contribution >= 0.6 is 11.6 Å². The monoisotopic (exact) mass is 318 g/mol. The third-order valence-electron chi connectivity index (χ3n) is 3.62. The number of benzene rings is 1. The Morgan fingerprint density at radius 3 is 2.91 bits per heavy atom. The van der Waals surface area contributed by atoms with E-state index >= 15 is 0 Å². The van der Waals surface area contributed by atoms with Crippen molar-refractivity contribution >= 4 is 17.5 Å². The summed E-state index contributed by atoms with van der Waals surface area (Å²) in [6.07, 6.45) is 2.34. The Balaban J connectivity index is 1.75. The summed E-state index contributed by atoms with van der Waals surface area (Å²) in [7, 11) is 0. The first-order valence-electron chi connectivity index (χ1n) is 6.98. The SMILES string of the molecule is O=C(c1cccc(Oc2ccc(Cl)cn2)c1)N1CCC1CO. The van der Waals surface area contributed by atoms with Gasteiger partial charge in [-0.15, -0.1) is 0 Å². The highest BCUT2D eigenvalue weighted by Crippen LogP contribution is 2.24. The summed E-state index contributed by atoms with van der Waals surface area (Å²) in [6, 6.07) is 10.2. The molecule has 1 amide bonds. The van der Waals surface area contributed by atoms with Crippen LogP contribution in [0, 0.1) is 0 Å². The molecule has 3 rings (SSSR count).